The Balaban J connectivity index is 0.844. The van der Waals surface area contributed by atoms with Crippen LogP contribution in [0.2, 0.25) is 5.02 Å². The summed E-state index contributed by atoms with van der Waals surface area (Å²) in [5.74, 6) is -4.17. The van der Waals surface area contributed by atoms with Gasteiger partial charge in [0.2, 0.25) is 21.8 Å². The van der Waals surface area contributed by atoms with Gasteiger partial charge in [0.05, 0.1) is 32.4 Å². The predicted octanol–water partition coefficient (Wildman–Crippen LogP) is 6.37. The van der Waals surface area contributed by atoms with Crippen molar-refractivity contribution in [3.05, 3.63) is 104 Å². The summed E-state index contributed by atoms with van der Waals surface area (Å²) in [7, 11) is -2.19. The van der Waals surface area contributed by atoms with E-state index in [4.69, 9.17) is 16.7 Å². The number of aryl methyl sites for hydroxylation is 1. The molecule has 21 heteroatoms. The topological polar surface area (TPSA) is 229 Å². The maximum Gasteiger partial charge on any atom is 0.346 e. The molecule has 0 bridgehead atoms. The van der Waals surface area contributed by atoms with E-state index in [1.54, 1.807) is 24.1 Å². The van der Waals surface area contributed by atoms with Crippen LogP contribution in [0.4, 0.5) is 20.6 Å². The minimum Gasteiger partial charge on any atom is -0.481 e. The number of piperidine rings is 3. The number of fused-ring (bicyclic) bond motifs is 1. The number of nitrogens with zero attached hydrogens (tertiary/aromatic N) is 4. The molecule has 5 N–H and O–H groups in total. The maximum absolute atomic E-state index is 15.1. The fourth-order valence-electron chi connectivity index (χ4n) is 9.06. The van der Waals surface area contributed by atoms with Gasteiger partial charge in [0, 0.05) is 57.8 Å². The molecule has 0 aliphatic carbocycles. The zero-order chi connectivity index (χ0) is 47.0. The average Bonchev–Trinajstić information content (AvgIpc) is 3.75. The van der Waals surface area contributed by atoms with Crippen LogP contribution < -0.4 is 21.6 Å². The van der Waals surface area contributed by atoms with Crippen molar-refractivity contribution in [3.63, 3.8) is 0 Å². The van der Waals surface area contributed by atoms with E-state index in [1.807, 2.05) is 30.3 Å². The number of hydrogen-bond acceptors (Lipinski definition) is 10. The molecule has 5 aromatic rings. The number of imidazole rings is 1. The number of halogens is 2. The monoisotopic (exact) mass is 963 g/mol. The number of carboxylic acid groups (broad SMARTS) is 2. The molecule has 3 aliphatic heterocycles. The van der Waals surface area contributed by atoms with Gasteiger partial charge in [-0.05, 0) is 103 Å². The fourth-order valence-corrected chi connectivity index (χ4v) is 12.2. The first-order chi connectivity index (χ1) is 31.5. The molecule has 17 nitrogen and oxygen atoms in total. The molecule has 3 aromatic carbocycles. The van der Waals surface area contributed by atoms with Crippen LogP contribution >= 0.6 is 22.9 Å². The number of carbonyl (C=O) groups is 5. The van der Waals surface area contributed by atoms with E-state index in [0.717, 1.165) is 28.7 Å². The van der Waals surface area contributed by atoms with Gasteiger partial charge in [-0.25, -0.2) is 31.5 Å². The SMILES string of the molecule is Cn1c(=O)n([C@@H]2CCC(=O)NC2=O)c2ccc(C3CCN(C(=O)Nc4cc(CS(=O)(=O)N5CCC(Nc6cccc(-c7sc(C(=O)O)c(CCC(=O)O)c7Cl)c6)CC5)ccc4F)CC3)cc21. The number of anilines is 2. The third-order valence-electron chi connectivity index (χ3n) is 12.6. The van der Waals surface area contributed by atoms with Gasteiger partial charge in [0.15, 0.2) is 0 Å². The summed E-state index contributed by atoms with van der Waals surface area (Å²) in [6.45, 7) is 1.19. The molecule has 0 unspecified atom stereocenters. The van der Waals surface area contributed by atoms with Crippen LogP contribution in [0.15, 0.2) is 65.5 Å². The third-order valence-corrected chi connectivity index (χ3v) is 16.2. The number of sulfonamides is 1. The lowest BCUT2D eigenvalue weighted by atomic mass is 9.89. The van der Waals surface area contributed by atoms with Crippen LogP contribution in [-0.4, -0.2) is 99.0 Å². The molecule has 5 heterocycles. The molecule has 1 atom stereocenters. The number of carbonyl (C=O) groups excluding carboxylic acids is 3. The largest absolute Gasteiger partial charge is 0.481 e. The lowest BCUT2D eigenvalue weighted by Gasteiger charge is -2.32. The van der Waals surface area contributed by atoms with Crippen LogP contribution in [0, 0.1) is 5.82 Å². The average molecular weight is 964 g/mol. The fraction of sp³-hybridized carbons (Fsp3) is 0.378. The van der Waals surface area contributed by atoms with Crippen LogP contribution in [0.1, 0.15) is 83.3 Å². The Bertz CT molecular complexity index is 2940. The van der Waals surface area contributed by atoms with Crippen LogP contribution in [0.25, 0.3) is 21.5 Å². The number of imide groups is 1. The molecule has 4 amide bonds. The second-order valence-corrected chi connectivity index (χ2v) is 20.2. The van der Waals surface area contributed by atoms with Crippen molar-refractivity contribution in [1.82, 2.24) is 23.7 Å². The van der Waals surface area contributed by atoms with E-state index >= 15 is 4.39 Å². The highest BCUT2D eigenvalue weighted by Gasteiger charge is 2.33. The number of aliphatic carboxylic acids is 1. The lowest BCUT2D eigenvalue weighted by Crippen LogP contribution is -2.44. The van der Waals surface area contributed by atoms with Crippen LogP contribution in [0.3, 0.4) is 0 Å². The van der Waals surface area contributed by atoms with E-state index in [-0.39, 0.29) is 83.5 Å². The number of hydrogen-bond donors (Lipinski definition) is 5. The summed E-state index contributed by atoms with van der Waals surface area (Å²) in [5, 5.41) is 27.5. The maximum atomic E-state index is 15.1. The molecule has 2 aromatic heterocycles. The van der Waals surface area contributed by atoms with E-state index in [9.17, 15) is 42.3 Å². The van der Waals surface area contributed by atoms with Crippen molar-refractivity contribution in [3.8, 4) is 10.4 Å². The Hall–Kier alpha value is -6.09. The summed E-state index contributed by atoms with van der Waals surface area (Å²) in [4.78, 5) is 76.1. The molecule has 3 saturated heterocycles. The molecule has 3 aliphatic rings. The summed E-state index contributed by atoms with van der Waals surface area (Å²) < 4.78 is 46.6. The Morgan fingerprint density at radius 1 is 0.924 bits per heavy atom. The number of aromatic nitrogens is 2. The van der Waals surface area contributed by atoms with Gasteiger partial charge in [-0.15, -0.1) is 11.3 Å². The van der Waals surface area contributed by atoms with Crippen molar-refractivity contribution in [2.45, 2.75) is 75.1 Å². The second kappa shape index (κ2) is 19.0. The van der Waals surface area contributed by atoms with E-state index < -0.39 is 51.5 Å². The van der Waals surface area contributed by atoms with Gasteiger partial charge in [-0.2, -0.15) is 0 Å². The molecule has 0 saturated carbocycles. The van der Waals surface area contributed by atoms with Crippen molar-refractivity contribution in [1.29, 1.82) is 0 Å². The van der Waals surface area contributed by atoms with Gasteiger partial charge in [0.1, 0.15) is 16.7 Å². The molecule has 3 fully saturated rings. The number of urea groups is 1. The van der Waals surface area contributed by atoms with Crippen LogP contribution in [0.5, 0.6) is 0 Å². The number of likely N-dealkylation sites (tertiary alicyclic amines) is 1. The standard InChI is InChI=1S/C45H47ClFN7O10S2/c1-51-36-23-27(6-9-34(36)54(45(51)62)35-10-11-37(55)50-42(35)58)26-13-17-52(18-14-26)44(61)49-33-21-25(5-8-32(33)47)24-66(63,64)53-19-15-29(16-20-53)48-30-4-2-3-28(22-30)40-39(46)31(7-12-38(56)57)41(65-40)43(59)60/h2-6,8-9,21-23,26,29,35,48H,7,10-20,24H2,1H3,(H,49,61)(H,56,57)(H,59,60)(H,50,55,58)/t35-/m1/s1. The highest BCUT2D eigenvalue weighted by Crippen LogP contribution is 2.42. The number of carboxylic acids is 2. The van der Waals surface area contributed by atoms with E-state index in [0.29, 0.717) is 65.8 Å². The first-order valence-corrected chi connectivity index (χ1v) is 24.3. The predicted molar refractivity (Wildman–Crippen MR) is 246 cm³/mol. The summed E-state index contributed by atoms with van der Waals surface area (Å²) in [5.41, 5.74) is 3.67. The molecular weight excluding hydrogens is 917 g/mol. The Kier molecular flexibility index (Phi) is 13.4. The van der Waals surface area contributed by atoms with Crippen LogP contribution in [-0.2, 0) is 43.6 Å². The van der Waals surface area contributed by atoms with Gasteiger partial charge in [-0.1, -0.05) is 35.9 Å². The number of aromatic carboxylic acids is 1. The summed E-state index contributed by atoms with van der Waals surface area (Å²) in [6, 6.07) is 15.3. The number of rotatable bonds is 13. The third kappa shape index (κ3) is 9.72. The minimum absolute atomic E-state index is 0.00946. The minimum atomic E-state index is -3.83. The molecular formula is C45H47ClFN7O10S2. The molecule has 348 valence electrons. The Morgan fingerprint density at radius 2 is 1.67 bits per heavy atom. The molecule has 0 radical (unpaired) electrons. The van der Waals surface area contributed by atoms with Gasteiger partial charge >= 0.3 is 23.7 Å². The van der Waals surface area contributed by atoms with Crippen molar-refractivity contribution in [2.24, 2.45) is 7.05 Å². The van der Waals surface area contributed by atoms with Crippen molar-refractivity contribution >= 4 is 85.2 Å². The van der Waals surface area contributed by atoms with E-state index in [2.05, 4.69) is 16.0 Å². The first kappa shape index (κ1) is 46.4. The molecule has 0 spiro atoms. The molecule has 8 rings (SSSR count). The molecule has 66 heavy (non-hydrogen) atoms. The van der Waals surface area contributed by atoms with E-state index in [1.165, 1.54) is 25.6 Å². The summed E-state index contributed by atoms with van der Waals surface area (Å²) >= 11 is 7.58. The quantitative estimate of drug-likeness (QED) is 0.0815. The number of amides is 4. The summed E-state index contributed by atoms with van der Waals surface area (Å²) in [6.07, 6.45) is 2.25. The lowest BCUT2D eigenvalue weighted by molar-refractivity contribution is -0.137. The Labute approximate surface area is 387 Å². The Morgan fingerprint density at radius 3 is 2.36 bits per heavy atom. The van der Waals surface area contributed by atoms with Gasteiger partial charge < -0.3 is 25.7 Å². The smallest absolute Gasteiger partial charge is 0.346 e. The first-order valence-electron chi connectivity index (χ1n) is 21.5. The number of nitrogens with one attached hydrogen (secondary N) is 3. The van der Waals surface area contributed by atoms with Gasteiger partial charge in [-0.3, -0.25) is 28.8 Å². The van der Waals surface area contributed by atoms with Crippen molar-refractivity contribution in [2.75, 3.05) is 36.8 Å². The highest BCUT2D eigenvalue weighted by atomic mass is 35.5. The number of thiophene rings is 1. The highest BCUT2D eigenvalue weighted by molar-refractivity contribution is 7.88. The number of benzene rings is 3. The zero-order valence-electron chi connectivity index (χ0n) is 35.7. The normalized spacial score (nSPS) is 17.8. The van der Waals surface area contributed by atoms with Gasteiger partial charge in [0.25, 0.3) is 0 Å². The second-order valence-electron chi connectivity index (χ2n) is 16.8. The van der Waals surface area contributed by atoms with Crippen molar-refractivity contribution < 1.29 is 47.0 Å². The zero-order valence-corrected chi connectivity index (χ0v) is 38.1.